The molecule has 0 amide bonds. The predicted octanol–water partition coefficient (Wildman–Crippen LogP) is 3.38. The van der Waals surface area contributed by atoms with Gasteiger partial charge in [0.2, 0.25) is 10.5 Å². The predicted molar refractivity (Wildman–Crippen MR) is 64.2 cm³/mol. The maximum absolute atomic E-state index is 2.40. The Morgan fingerprint density at radius 2 is 1.93 bits per heavy atom. The van der Waals surface area contributed by atoms with Crippen molar-refractivity contribution in [1.82, 2.24) is 0 Å². The van der Waals surface area contributed by atoms with Crippen molar-refractivity contribution < 1.29 is 4.57 Å². The fourth-order valence-corrected chi connectivity index (χ4v) is 3.97. The Labute approximate surface area is 94.4 Å². The molecule has 0 aliphatic heterocycles. The molecule has 1 heterocycles. The summed E-state index contributed by atoms with van der Waals surface area (Å²) in [6, 6.07) is 8.73. The van der Waals surface area contributed by atoms with Crippen LogP contribution in [0.1, 0.15) is 36.6 Å². The topological polar surface area (TPSA) is 3.88 Å². The molecule has 3 rings (SSSR count). The molecule has 0 unspecified atom stereocenters. The molecule has 15 heavy (non-hydrogen) atoms. The van der Waals surface area contributed by atoms with Crippen LogP contribution in [0.25, 0.3) is 10.2 Å². The monoisotopic (exact) mass is 218 g/mol. The van der Waals surface area contributed by atoms with Crippen molar-refractivity contribution in [1.29, 1.82) is 0 Å². The van der Waals surface area contributed by atoms with Crippen LogP contribution in [0.15, 0.2) is 24.3 Å². The van der Waals surface area contributed by atoms with Crippen LogP contribution in [0.4, 0.5) is 0 Å². The van der Waals surface area contributed by atoms with E-state index < -0.39 is 0 Å². The van der Waals surface area contributed by atoms with Crippen LogP contribution in [0.3, 0.4) is 0 Å². The van der Waals surface area contributed by atoms with E-state index in [1.165, 1.54) is 35.9 Å². The first-order valence-electron chi connectivity index (χ1n) is 5.74. The molecule has 78 valence electrons. The van der Waals surface area contributed by atoms with Crippen molar-refractivity contribution in [2.75, 3.05) is 0 Å². The Morgan fingerprint density at radius 3 is 2.67 bits per heavy atom. The van der Waals surface area contributed by atoms with Gasteiger partial charge in [-0.3, -0.25) is 0 Å². The molecule has 0 bridgehead atoms. The second-order valence-electron chi connectivity index (χ2n) is 4.45. The van der Waals surface area contributed by atoms with Gasteiger partial charge in [-0.05, 0) is 18.9 Å². The highest BCUT2D eigenvalue weighted by Crippen LogP contribution is 2.36. The van der Waals surface area contributed by atoms with Crippen LogP contribution in [-0.4, -0.2) is 0 Å². The van der Waals surface area contributed by atoms with Crippen LogP contribution >= 0.6 is 11.3 Å². The summed E-state index contributed by atoms with van der Waals surface area (Å²) >= 11 is 1.98. The minimum atomic E-state index is 0.826. The highest BCUT2D eigenvalue weighted by molar-refractivity contribution is 7.18. The van der Waals surface area contributed by atoms with Crippen molar-refractivity contribution in [3.63, 3.8) is 0 Å². The number of hydrogen-bond acceptors (Lipinski definition) is 1. The maximum atomic E-state index is 2.40. The van der Waals surface area contributed by atoms with E-state index in [9.17, 15) is 0 Å². The molecule has 0 atom stereocenters. The highest BCUT2D eigenvalue weighted by Gasteiger charge is 2.28. The molecule has 0 spiro atoms. The van der Waals surface area contributed by atoms with E-state index in [0.717, 1.165) is 5.92 Å². The van der Waals surface area contributed by atoms with Crippen LogP contribution in [0.5, 0.6) is 0 Å². The van der Waals surface area contributed by atoms with Gasteiger partial charge >= 0.3 is 0 Å². The molecule has 1 saturated carbocycles. The molecule has 1 nitrogen and oxygen atoms in total. The van der Waals surface area contributed by atoms with E-state index >= 15 is 0 Å². The molecule has 1 aromatic carbocycles. The Bertz CT molecular complexity index is 480. The zero-order chi connectivity index (χ0) is 10.3. The van der Waals surface area contributed by atoms with Gasteiger partial charge in [0.05, 0.1) is 5.92 Å². The molecule has 0 saturated heterocycles. The summed E-state index contributed by atoms with van der Waals surface area (Å²) in [5.41, 5.74) is 1.39. The third-order valence-electron chi connectivity index (χ3n) is 3.48. The first kappa shape index (κ1) is 9.34. The zero-order valence-corrected chi connectivity index (χ0v) is 9.89. The van der Waals surface area contributed by atoms with Gasteiger partial charge in [0, 0.05) is 6.07 Å². The molecular formula is C13H16NS+. The average Bonchev–Trinajstić information content (AvgIpc) is 2.87. The Morgan fingerprint density at radius 1 is 1.20 bits per heavy atom. The van der Waals surface area contributed by atoms with Crippen LogP contribution in [0.2, 0.25) is 0 Å². The van der Waals surface area contributed by atoms with Crippen molar-refractivity contribution in [2.45, 2.75) is 31.6 Å². The van der Waals surface area contributed by atoms with E-state index in [0.29, 0.717) is 0 Å². The molecule has 2 aromatic rings. The van der Waals surface area contributed by atoms with Crippen LogP contribution < -0.4 is 4.57 Å². The fraction of sp³-hybridized carbons (Fsp3) is 0.462. The van der Waals surface area contributed by atoms with Gasteiger partial charge in [0.25, 0.3) is 0 Å². The molecule has 2 heteroatoms. The number of rotatable bonds is 1. The third kappa shape index (κ3) is 1.48. The summed E-state index contributed by atoms with van der Waals surface area (Å²) in [6.07, 6.45) is 5.61. The van der Waals surface area contributed by atoms with Gasteiger partial charge < -0.3 is 0 Å². The van der Waals surface area contributed by atoms with E-state index in [-0.39, 0.29) is 0 Å². The lowest BCUT2D eigenvalue weighted by Gasteiger charge is -2.00. The first-order valence-corrected chi connectivity index (χ1v) is 6.55. The highest BCUT2D eigenvalue weighted by atomic mass is 32.1. The molecule has 1 aliphatic rings. The number of para-hydroxylation sites is 1. The number of benzene rings is 1. The molecular weight excluding hydrogens is 202 g/mol. The van der Waals surface area contributed by atoms with Crippen molar-refractivity contribution in [3.8, 4) is 0 Å². The second kappa shape index (κ2) is 3.60. The smallest absolute Gasteiger partial charge is 0.188 e. The molecule has 1 aromatic heterocycles. The van der Waals surface area contributed by atoms with Crippen molar-refractivity contribution in [2.24, 2.45) is 7.05 Å². The second-order valence-corrected chi connectivity index (χ2v) is 5.51. The van der Waals surface area contributed by atoms with Gasteiger partial charge in [0.1, 0.15) is 11.7 Å². The molecule has 0 radical (unpaired) electrons. The normalized spacial score (nSPS) is 17.7. The number of fused-ring (bicyclic) bond motifs is 1. The first-order chi connectivity index (χ1) is 7.36. The van der Waals surface area contributed by atoms with E-state index in [2.05, 4.69) is 35.9 Å². The number of thiazole rings is 1. The number of nitrogens with zero attached hydrogens (tertiary/aromatic N) is 1. The van der Waals surface area contributed by atoms with Crippen LogP contribution in [0, 0.1) is 0 Å². The van der Waals surface area contributed by atoms with E-state index in [4.69, 9.17) is 0 Å². The lowest BCUT2D eigenvalue weighted by molar-refractivity contribution is -0.649. The maximum Gasteiger partial charge on any atom is 0.241 e. The largest absolute Gasteiger partial charge is 0.241 e. The zero-order valence-electron chi connectivity index (χ0n) is 9.07. The SMILES string of the molecule is C[n+]1c(C2CCCC2)sc2ccccc21. The summed E-state index contributed by atoms with van der Waals surface area (Å²) in [5.74, 6) is 0.826. The van der Waals surface area contributed by atoms with Crippen molar-refractivity contribution >= 4 is 21.6 Å². The van der Waals surface area contributed by atoms with E-state index in [1.54, 1.807) is 5.01 Å². The molecule has 1 aliphatic carbocycles. The lowest BCUT2D eigenvalue weighted by atomic mass is 10.1. The van der Waals surface area contributed by atoms with Gasteiger partial charge in [0.15, 0.2) is 0 Å². The minimum Gasteiger partial charge on any atom is -0.188 e. The standard InChI is InChI=1S/C13H16NS/c1-14-11-8-4-5-9-12(11)15-13(14)10-6-2-3-7-10/h4-5,8-10H,2-3,6-7H2,1H3/q+1. The summed E-state index contributed by atoms with van der Waals surface area (Å²) in [5, 5.41) is 1.58. The van der Waals surface area contributed by atoms with Gasteiger partial charge in [-0.1, -0.05) is 36.3 Å². The minimum absolute atomic E-state index is 0.826. The van der Waals surface area contributed by atoms with Gasteiger partial charge in [-0.2, -0.15) is 4.57 Å². The van der Waals surface area contributed by atoms with Gasteiger partial charge in [-0.15, -0.1) is 0 Å². The van der Waals surface area contributed by atoms with Crippen LogP contribution in [-0.2, 0) is 7.05 Å². The van der Waals surface area contributed by atoms with Gasteiger partial charge in [-0.25, -0.2) is 0 Å². The Kier molecular flexibility index (Phi) is 2.24. The summed E-state index contributed by atoms with van der Waals surface area (Å²) < 4.78 is 3.83. The van der Waals surface area contributed by atoms with Crippen molar-refractivity contribution in [3.05, 3.63) is 29.3 Å². The fourth-order valence-electron chi connectivity index (χ4n) is 2.65. The molecule has 0 N–H and O–H groups in total. The summed E-state index contributed by atoms with van der Waals surface area (Å²) in [4.78, 5) is 0. The average molecular weight is 218 g/mol. The summed E-state index contributed by atoms with van der Waals surface area (Å²) in [6.45, 7) is 0. The third-order valence-corrected chi connectivity index (χ3v) is 4.86. The number of aryl methyl sites for hydroxylation is 1. The summed E-state index contributed by atoms with van der Waals surface area (Å²) in [7, 11) is 2.21. The Balaban J connectivity index is 2.14. The quantitative estimate of drug-likeness (QED) is 0.646. The molecule has 1 fully saturated rings. The number of hydrogen-bond donors (Lipinski definition) is 0. The lowest BCUT2D eigenvalue weighted by Crippen LogP contribution is -2.31. The number of aromatic nitrogens is 1. The Hall–Kier alpha value is -0.890. The van der Waals surface area contributed by atoms with E-state index in [1.807, 2.05) is 11.3 Å².